The van der Waals surface area contributed by atoms with Crippen molar-refractivity contribution >= 4 is 38.6 Å². The molecule has 0 aliphatic carbocycles. The van der Waals surface area contributed by atoms with E-state index in [1.54, 1.807) is 36.4 Å². The topological polar surface area (TPSA) is 84.0 Å². The number of ether oxygens (including phenoxy) is 4. The number of hydrogen-bond acceptors (Lipinski definition) is 7. The maximum atomic E-state index is 12.7. The lowest BCUT2D eigenvalue weighted by Gasteiger charge is -2.17. The van der Waals surface area contributed by atoms with Gasteiger partial charge < -0.3 is 18.9 Å². The third kappa shape index (κ3) is 3.75. The summed E-state index contributed by atoms with van der Waals surface area (Å²) < 4.78 is 21.2. The first-order chi connectivity index (χ1) is 13.9. The molecule has 0 amide bonds. The normalized spacial score (nSPS) is 10.5. The zero-order valence-corrected chi connectivity index (χ0v) is 17.8. The van der Waals surface area contributed by atoms with Crippen LogP contribution in [0, 0.1) is 0 Å². The van der Waals surface area contributed by atoms with Gasteiger partial charge in [-0.25, -0.2) is 14.6 Å². The number of methoxy groups -OCH3 is 4. The van der Waals surface area contributed by atoms with Crippen molar-refractivity contribution in [1.29, 1.82) is 0 Å². The van der Waals surface area contributed by atoms with E-state index in [2.05, 4.69) is 20.9 Å². The van der Waals surface area contributed by atoms with Crippen LogP contribution in [-0.4, -0.2) is 45.4 Å². The van der Waals surface area contributed by atoms with E-state index in [0.29, 0.717) is 38.1 Å². The lowest BCUT2D eigenvalue weighted by atomic mass is 9.91. The molecule has 1 aromatic heterocycles. The molecule has 0 bridgehead atoms. The smallest absolute Gasteiger partial charge is 0.339 e. The van der Waals surface area contributed by atoms with Gasteiger partial charge in [-0.1, -0.05) is 6.07 Å². The molecule has 0 saturated heterocycles. The molecule has 3 rings (SSSR count). The molecule has 0 saturated carbocycles. The molecule has 8 heteroatoms. The Morgan fingerprint density at radius 3 is 2.14 bits per heavy atom. The fourth-order valence-electron chi connectivity index (χ4n) is 3.13. The number of carbonyl (C=O) groups is 2. The maximum absolute atomic E-state index is 12.7. The average molecular weight is 460 g/mol. The van der Waals surface area contributed by atoms with Crippen molar-refractivity contribution < 1.29 is 28.5 Å². The molecular formula is C21H18BrNO6. The lowest BCUT2D eigenvalue weighted by molar-refractivity contribution is 0.0556. The summed E-state index contributed by atoms with van der Waals surface area (Å²) >= 11 is 3.35. The van der Waals surface area contributed by atoms with Crippen molar-refractivity contribution in [3.63, 3.8) is 0 Å². The second-order valence-electron chi connectivity index (χ2n) is 5.93. The van der Waals surface area contributed by atoms with Gasteiger partial charge in [-0.2, -0.15) is 0 Å². The Morgan fingerprint density at radius 1 is 0.897 bits per heavy atom. The SMILES string of the molecule is COC(=O)c1cc2cc(OC)c(OC)cc2c(-c2cccc(Br)n2)c1C(=O)OC. The van der Waals surface area contributed by atoms with Crippen LogP contribution < -0.4 is 9.47 Å². The van der Waals surface area contributed by atoms with Crippen LogP contribution in [-0.2, 0) is 9.47 Å². The van der Waals surface area contributed by atoms with Gasteiger partial charge in [-0.15, -0.1) is 0 Å². The number of nitrogens with zero attached hydrogens (tertiary/aromatic N) is 1. The third-order valence-electron chi connectivity index (χ3n) is 4.41. The van der Waals surface area contributed by atoms with Crippen molar-refractivity contribution in [2.24, 2.45) is 0 Å². The number of aromatic nitrogens is 1. The summed E-state index contributed by atoms with van der Waals surface area (Å²) in [5.74, 6) is -0.398. The van der Waals surface area contributed by atoms with Crippen LogP contribution in [0.2, 0.25) is 0 Å². The van der Waals surface area contributed by atoms with Crippen molar-refractivity contribution in [2.75, 3.05) is 28.4 Å². The third-order valence-corrected chi connectivity index (χ3v) is 4.85. The van der Waals surface area contributed by atoms with Crippen LogP contribution in [0.4, 0.5) is 0 Å². The van der Waals surface area contributed by atoms with E-state index >= 15 is 0 Å². The van der Waals surface area contributed by atoms with Gasteiger partial charge in [0, 0.05) is 5.56 Å². The van der Waals surface area contributed by atoms with Crippen LogP contribution in [0.25, 0.3) is 22.0 Å². The monoisotopic (exact) mass is 459 g/mol. The van der Waals surface area contributed by atoms with Gasteiger partial charge in [0.2, 0.25) is 0 Å². The van der Waals surface area contributed by atoms with Crippen LogP contribution in [0.5, 0.6) is 11.5 Å². The highest BCUT2D eigenvalue weighted by Crippen LogP contribution is 2.40. The average Bonchev–Trinajstić information content (AvgIpc) is 2.75. The van der Waals surface area contributed by atoms with E-state index in [9.17, 15) is 9.59 Å². The highest BCUT2D eigenvalue weighted by molar-refractivity contribution is 9.10. The molecule has 0 radical (unpaired) electrons. The van der Waals surface area contributed by atoms with Gasteiger partial charge in [0.1, 0.15) is 4.60 Å². The number of carbonyl (C=O) groups excluding carboxylic acids is 2. The van der Waals surface area contributed by atoms with Crippen LogP contribution >= 0.6 is 15.9 Å². The number of esters is 2. The molecular weight excluding hydrogens is 442 g/mol. The molecule has 0 N–H and O–H groups in total. The minimum Gasteiger partial charge on any atom is -0.493 e. The van der Waals surface area contributed by atoms with Crippen LogP contribution in [0.15, 0.2) is 41.0 Å². The first kappa shape index (κ1) is 20.6. The zero-order valence-electron chi connectivity index (χ0n) is 16.2. The van der Waals surface area contributed by atoms with Crippen molar-refractivity contribution in [2.45, 2.75) is 0 Å². The number of pyridine rings is 1. The molecule has 3 aromatic rings. The molecule has 0 spiro atoms. The fourth-order valence-corrected chi connectivity index (χ4v) is 3.47. The van der Waals surface area contributed by atoms with Gasteiger partial charge in [-0.05, 0) is 57.0 Å². The summed E-state index contributed by atoms with van der Waals surface area (Å²) in [6, 6.07) is 10.3. The molecule has 150 valence electrons. The van der Waals surface area contributed by atoms with Crippen molar-refractivity contribution in [1.82, 2.24) is 4.98 Å². The van der Waals surface area contributed by atoms with E-state index in [1.807, 2.05) is 0 Å². The molecule has 2 aromatic carbocycles. The van der Waals surface area contributed by atoms with Gasteiger partial charge in [0.25, 0.3) is 0 Å². The largest absolute Gasteiger partial charge is 0.493 e. The zero-order chi connectivity index (χ0) is 21.1. The minimum absolute atomic E-state index is 0.0599. The Hall–Kier alpha value is -3.13. The predicted octanol–water partition coefficient (Wildman–Crippen LogP) is 4.25. The number of benzene rings is 2. The standard InChI is InChI=1S/C21H18BrNO6/c1-26-15-9-11-8-13(20(24)28-3)19(21(25)29-4)18(12(11)10-16(15)27-2)14-6-5-7-17(22)23-14/h5-10H,1-4H3. The Kier molecular flexibility index (Phi) is 6.03. The molecule has 0 atom stereocenters. The summed E-state index contributed by atoms with van der Waals surface area (Å²) in [5.41, 5.74) is 1.03. The Bertz CT molecular complexity index is 1110. The summed E-state index contributed by atoms with van der Waals surface area (Å²) in [5, 5.41) is 1.29. The van der Waals surface area contributed by atoms with Gasteiger partial charge in [0.05, 0.1) is 45.3 Å². The number of fused-ring (bicyclic) bond motifs is 1. The first-order valence-electron chi connectivity index (χ1n) is 8.47. The van der Waals surface area contributed by atoms with E-state index in [0.717, 1.165) is 0 Å². The fraction of sp³-hybridized carbons (Fsp3) is 0.190. The Morgan fingerprint density at radius 2 is 1.55 bits per heavy atom. The Labute approximate surface area is 175 Å². The quantitative estimate of drug-likeness (QED) is 0.416. The number of hydrogen-bond donors (Lipinski definition) is 0. The number of rotatable bonds is 5. The Balaban J connectivity index is 2.55. The van der Waals surface area contributed by atoms with Crippen LogP contribution in [0.3, 0.4) is 0 Å². The van der Waals surface area contributed by atoms with Gasteiger partial charge in [0.15, 0.2) is 11.5 Å². The summed E-state index contributed by atoms with van der Waals surface area (Å²) in [7, 11) is 5.54. The van der Waals surface area contributed by atoms with Gasteiger partial charge >= 0.3 is 11.9 Å². The molecule has 0 aliphatic heterocycles. The van der Waals surface area contributed by atoms with Crippen LogP contribution in [0.1, 0.15) is 20.7 Å². The first-order valence-corrected chi connectivity index (χ1v) is 9.26. The van der Waals surface area contributed by atoms with Crippen molar-refractivity contribution in [3.05, 3.63) is 52.1 Å². The predicted molar refractivity (Wildman–Crippen MR) is 111 cm³/mol. The second kappa shape index (κ2) is 8.48. The summed E-state index contributed by atoms with van der Waals surface area (Å²) in [6.07, 6.45) is 0. The minimum atomic E-state index is -0.682. The van der Waals surface area contributed by atoms with Gasteiger partial charge in [-0.3, -0.25) is 0 Å². The molecule has 0 aliphatic rings. The lowest BCUT2D eigenvalue weighted by Crippen LogP contribution is -2.14. The van der Waals surface area contributed by atoms with Crippen molar-refractivity contribution in [3.8, 4) is 22.8 Å². The summed E-state index contributed by atoms with van der Waals surface area (Å²) in [6.45, 7) is 0. The molecule has 7 nitrogen and oxygen atoms in total. The van der Waals surface area contributed by atoms with E-state index in [4.69, 9.17) is 18.9 Å². The highest BCUT2D eigenvalue weighted by Gasteiger charge is 2.27. The highest BCUT2D eigenvalue weighted by atomic mass is 79.9. The maximum Gasteiger partial charge on any atom is 0.339 e. The summed E-state index contributed by atoms with van der Waals surface area (Å²) in [4.78, 5) is 29.7. The van der Waals surface area contributed by atoms with E-state index in [1.165, 1.54) is 28.4 Å². The number of halogens is 1. The molecule has 29 heavy (non-hydrogen) atoms. The molecule has 1 heterocycles. The second-order valence-corrected chi connectivity index (χ2v) is 6.74. The molecule has 0 fully saturated rings. The van der Waals surface area contributed by atoms with E-state index in [-0.39, 0.29) is 11.1 Å². The molecule has 0 unspecified atom stereocenters. The van der Waals surface area contributed by atoms with E-state index < -0.39 is 11.9 Å².